The number of aliphatic hydroxyl groups is 1. The lowest BCUT2D eigenvalue weighted by atomic mass is 9.96. The Balaban J connectivity index is 1.60. The molecule has 10 heteroatoms. The minimum atomic E-state index is -1.11. The Hall–Kier alpha value is -4.57. The van der Waals surface area contributed by atoms with Crippen molar-refractivity contribution in [1.82, 2.24) is 15.2 Å². The van der Waals surface area contributed by atoms with Crippen LogP contribution >= 0.6 is 0 Å². The van der Waals surface area contributed by atoms with E-state index in [1.54, 1.807) is 4.90 Å². The fourth-order valence-corrected chi connectivity index (χ4v) is 5.35. The smallest absolute Gasteiger partial charge is 0.253 e. The van der Waals surface area contributed by atoms with Crippen LogP contribution in [0.25, 0.3) is 10.9 Å². The number of primary amides is 1. The summed E-state index contributed by atoms with van der Waals surface area (Å²) in [7, 11) is 0. The lowest BCUT2D eigenvalue weighted by Crippen LogP contribution is -2.45. The summed E-state index contributed by atoms with van der Waals surface area (Å²) < 4.78 is 28.0. The van der Waals surface area contributed by atoms with E-state index in [1.807, 2.05) is 44.2 Å². The van der Waals surface area contributed by atoms with Crippen molar-refractivity contribution in [2.45, 2.75) is 58.1 Å². The van der Waals surface area contributed by atoms with Gasteiger partial charge in [0.05, 0.1) is 12.1 Å². The van der Waals surface area contributed by atoms with Crippen LogP contribution in [0.1, 0.15) is 75.4 Å². The first kappa shape index (κ1) is 32.3. The third-order valence-electron chi connectivity index (χ3n) is 7.46. The third-order valence-corrected chi connectivity index (χ3v) is 7.46. The van der Waals surface area contributed by atoms with E-state index < -0.39 is 35.6 Å². The lowest BCUT2D eigenvalue weighted by molar-refractivity contribution is 0.0755. The van der Waals surface area contributed by atoms with Crippen molar-refractivity contribution in [1.29, 1.82) is 0 Å². The van der Waals surface area contributed by atoms with Crippen LogP contribution in [0.15, 0.2) is 66.7 Å². The van der Waals surface area contributed by atoms with Crippen LogP contribution in [-0.4, -0.2) is 57.9 Å². The third kappa shape index (κ3) is 8.29. The Kier molecular flexibility index (Phi) is 10.8. The molecule has 0 fully saturated rings. The number of para-hydroxylation sites is 1. The predicted octanol–water partition coefficient (Wildman–Crippen LogP) is 5.14. The van der Waals surface area contributed by atoms with Crippen molar-refractivity contribution >= 4 is 28.6 Å². The molecule has 44 heavy (non-hydrogen) atoms. The molecular formula is C34H38F2N4O4. The molecule has 2 unspecified atom stereocenters. The average Bonchev–Trinajstić information content (AvgIpc) is 3.41. The highest BCUT2D eigenvalue weighted by Crippen LogP contribution is 2.20. The van der Waals surface area contributed by atoms with E-state index in [4.69, 9.17) is 5.73 Å². The number of benzene rings is 3. The number of amides is 3. The highest BCUT2D eigenvalue weighted by molar-refractivity contribution is 6.04. The molecule has 8 nitrogen and oxygen atoms in total. The highest BCUT2D eigenvalue weighted by atomic mass is 19.1. The number of hydrogen-bond donors (Lipinski definition) is 4. The molecular weight excluding hydrogens is 566 g/mol. The molecule has 0 saturated heterocycles. The van der Waals surface area contributed by atoms with Gasteiger partial charge in [0.2, 0.25) is 5.91 Å². The molecule has 2 atom stereocenters. The number of carbonyl (C=O) groups excluding carboxylic acids is 3. The normalized spacial score (nSPS) is 12.6. The first-order valence-electron chi connectivity index (χ1n) is 14.8. The second-order valence-corrected chi connectivity index (χ2v) is 11.0. The molecule has 0 aliphatic heterocycles. The summed E-state index contributed by atoms with van der Waals surface area (Å²) in [5, 5.41) is 15.1. The van der Waals surface area contributed by atoms with Gasteiger partial charge in [-0.25, -0.2) is 8.78 Å². The second kappa shape index (κ2) is 14.7. The molecule has 0 aliphatic carbocycles. The van der Waals surface area contributed by atoms with Gasteiger partial charge in [0, 0.05) is 47.1 Å². The van der Waals surface area contributed by atoms with E-state index in [-0.39, 0.29) is 41.0 Å². The van der Waals surface area contributed by atoms with Crippen molar-refractivity contribution < 1.29 is 28.3 Å². The van der Waals surface area contributed by atoms with E-state index in [2.05, 4.69) is 10.3 Å². The number of fused-ring (bicyclic) bond motifs is 1. The van der Waals surface area contributed by atoms with E-state index >= 15 is 0 Å². The number of rotatable bonds is 14. The molecule has 0 bridgehead atoms. The summed E-state index contributed by atoms with van der Waals surface area (Å²) in [6.45, 7) is 4.90. The number of aromatic amines is 1. The lowest BCUT2D eigenvalue weighted by Gasteiger charge is -2.25. The van der Waals surface area contributed by atoms with Gasteiger partial charge in [0.25, 0.3) is 11.8 Å². The van der Waals surface area contributed by atoms with Crippen LogP contribution in [0.4, 0.5) is 8.78 Å². The number of hydrogen-bond acceptors (Lipinski definition) is 4. The Bertz CT molecular complexity index is 1580. The second-order valence-electron chi connectivity index (χ2n) is 11.0. The standard InChI is InChI=1S/C34H38F2N4O4/c1-3-11-40(12-4-2)34(44)25-17-23(32(37)42)16-24(18-25)33(43)39-30(15-21-13-26(35)20-27(36)14-21)31(41)10-9-28-19-22-7-5-6-8-29(22)38-28/h5-8,13-14,16-20,30-31,38,41H,3-4,9-12,15H2,1-2H3,(H2,37,42)(H,39,43). The number of aliphatic hydroxyl groups excluding tert-OH is 1. The molecule has 0 aliphatic rings. The first-order valence-corrected chi connectivity index (χ1v) is 14.8. The fourth-order valence-electron chi connectivity index (χ4n) is 5.35. The summed E-state index contributed by atoms with van der Waals surface area (Å²) in [4.78, 5) is 44.0. The van der Waals surface area contributed by atoms with Crippen LogP contribution in [-0.2, 0) is 12.8 Å². The van der Waals surface area contributed by atoms with Gasteiger partial charge in [-0.3, -0.25) is 14.4 Å². The molecule has 0 saturated carbocycles. The zero-order valence-electron chi connectivity index (χ0n) is 24.9. The summed E-state index contributed by atoms with van der Waals surface area (Å²) in [5.74, 6) is -3.38. The predicted molar refractivity (Wildman–Crippen MR) is 165 cm³/mol. The van der Waals surface area contributed by atoms with Gasteiger partial charge in [-0.15, -0.1) is 0 Å². The maximum atomic E-state index is 14.0. The molecule has 4 aromatic rings. The minimum Gasteiger partial charge on any atom is -0.391 e. The first-order chi connectivity index (χ1) is 21.1. The number of nitrogens with one attached hydrogen (secondary N) is 2. The molecule has 3 amide bonds. The summed E-state index contributed by atoms with van der Waals surface area (Å²) >= 11 is 0. The molecule has 0 radical (unpaired) electrons. The van der Waals surface area contributed by atoms with Gasteiger partial charge in [0.1, 0.15) is 11.6 Å². The Morgan fingerprint density at radius 1 is 0.909 bits per heavy atom. The van der Waals surface area contributed by atoms with E-state index in [0.717, 1.165) is 47.6 Å². The topological polar surface area (TPSA) is 129 Å². The van der Waals surface area contributed by atoms with Crippen LogP contribution < -0.4 is 11.1 Å². The summed E-state index contributed by atoms with van der Waals surface area (Å²) in [5.41, 5.74) is 7.73. The van der Waals surface area contributed by atoms with Gasteiger partial charge in [0.15, 0.2) is 0 Å². The van der Waals surface area contributed by atoms with Crippen molar-refractivity contribution in [3.05, 3.63) is 106 Å². The van der Waals surface area contributed by atoms with Crippen molar-refractivity contribution in [3.63, 3.8) is 0 Å². The molecule has 4 rings (SSSR count). The number of aryl methyl sites for hydroxylation is 1. The van der Waals surface area contributed by atoms with Crippen molar-refractivity contribution in [2.75, 3.05) is 13.1 Å². The largest absolute Gasteiger partial charge is 0.391 e. The van der Waals surface area contributed by atoms with Crippen LogP contribution in [0.2, 0.25) is 0 Å². The van der Waals surface area contributed by atoms with Gasteiger partial charge in [-0.05, 0) is 85.5 Å². The molecule has 1 aromatic heterocycles. The quantitative estimate of drug-likeness (QED) is 0.159. The number of aromatic nitrogens is 1. The van der Waals surface area contributed by atoms with Crippen LogP contribution in [0.5, 0.6) is 0 Å². The monoisotopic (exact) mass is 604 g/mol. The van der Waals surface area contributed by atoms with Crippen LogP contribution in [0, 0.1) is 11.6 Å². The molecule has 3 aromatic carbocycles. The number of nitrogens with zero attached hydrogens (tertiary/aromatic N) is 1. The maximum Gasteiger partial charge on any atom is 0.253 e. The van der Waals surface area contributed by atoms with Gasteiger partial charge < -0.3 is 26.0 Å². The van der Waals surface area contributed by atoms with Crippen LogP contribution in [0.3, 0.4) is 0 Å². The number of H-pyrrole nitrogens is 1. The molecule has 5 N–H and O–H groups in total. The number of halogens is 2. The highest BCUT2D eigenvalue weighted by Gasteiger charge is 2.25. The maximum absolute atomic E-state index is 14.0. The van der Waals surface area contributed by atoms with Gasteiger partial charge in [-0.2, -0.15) is 0 Å². The SMILES string of the molecule is CCCN(CCC)C(=O)c1cc(C(N)=O)cc(C(=O)NC(Cc2cc(F)cc(F)c2)C(O)CCc2cc3ccccc3[nH]2)c1. The van der Waals surface area contributed by atoms with Gasteiger partial charge >= 0.3 is 0 Å². The van der Waals surface area contributed by atoms with Crippen molar-refractivity contribution in [3.8, 4) is 0 Å². The van der Waals surface area contributed by atoms with Crippen molar-refractivity contribution in [2.24, 2.45) is 5.73 Å². The van der Waals surface area contributed by atoms with E-state index in [9.17, 15) is 28.3 Å². The Morgan fingerprint density at radius 2 is 1.55 bits per heavy atom. The van der Waals surface area contributed by atoms with E-state index in [1.165, 1.54) is 18.2 Å². The molecule has 1 heterocycles. The Morgan fingerprint density at radius 3 is 2.18 bits per heavy atom. The molecule has 0 spiro atoms. The fraction of sp³-hybridized carbons (Fsp3) is 0.324. The zero-order chi connectivity index (χ0) is 31.8. The minimum absolute atomic E-state index is 0.00385. The summed E-state index contributed by atoms with van der Waals surface area (Å²) in [6, 6.07) is 15.9. The number of carbonyl (C=O) groups is 3. The summed E-state index contributed by atoms with van der Waals surface area (Å²) in [6.07, 6.45) is 0.947. The Labute approximate surface area is 255 Å². The van der Waals surface area contributed by atoms with Gasteiger partial charge in [-0.1, -0.05) is 32.0 Å². The average molecular weight is 605 g/mol. The van der Waals surface area contributed by atoms with E-state index in [0.29, 0.717) is 19.5 Å². The molecule has 232 valence electrons. The zero-order valence-corrected chi connectivity index (χ0v) is 24.9. The number of nitrogens with two attached hydrogens (primary N) is 1.